The van der Waals surface area contributed by atoms with E-state index in [1.54, 1.807) is 0 Å². The van der Waals surface area contributed by atoms with Crippen LogP contribution >= 0.6 is 0 Å². The molecule has 32 heavy (non-hydrogen) atoms. The fraction of sp³-hybridized carbons (Fsp3) is 0.913. The summed E-state index contributed by atoms with van der Waals surface area (Å²) in [7, 11) is 0. The maximum atomic E-state index is 12.5. The molecular weight excluding hydrogens is 420 g/mol. The number of hydrogen-bond acceptors (Lipinski definition) is 9. The van der Waals surface area contributed by atoms with E-state index in [0.717, 1.165) is 26.2 Å². The molecule has 3 heterocycles. The molecule has 3 saturated heterocycles. The second-order valence-electron chi connectivity index (χ2n) is 9.06. The van der Waals surface area contributed by atoms with Crippen LogP contribution in [0.15, 0.2) is 0 Å². The number of ether oxygens (including phenoxy) is 5. The summed E-state index contributed by atoms with van der Waals surface area (Å²) in [6.07, 6.45) is 13.1. The van der Waals surface area contributed by atoms with Gasteiger partial charge >= 0.3 is 23.5 Å². The van der Waals surface area contributed by atoms with Gasteiger partial charge in [-0.1, -0.05) is 77.6 Å². The standard InChI is InChI=1S/C23H38O9/c1-3-4-5-6-7-8-9-10-11-12-13-14-19-21(30-19)23(31-21)22(32-23,29-17(2)25)20(27)28-16-18(26)15-24/h18-19,24,26H,3-16H2,1-2H3. The van der Waals surface area contributed by atoms with Crippen LogP contribution in [0.25, 0.3) is 0 Å². The van der Waals surface area contributed by atoms with Crippen molar-refractivity contribution in [3.63, 3.8) is 0 Å². The summed E-state index contributed by atoms with van der Waals surface area (Å²) in [5, 5.41) is 18.2. The second-order valence-corrected chi connectivity index (χ2v) is 9.06. The molecule has 0 aromatic carbocycles. The first kappa shape index (κ1) is 25.4. The fourth-order valence-corrected chi connectivity index (χ4v) is 4.38. The van der Waals surface area contributed by atoms with E-state index in [2.05, 4.69) is 6.92 Å². The molecule has 184 valence electrons. The average Bonchev–Trinajstić information content (AvgIpc) is 3.70. The summed E-state index contributed by atoms with van der Waals surface area (Å²) in [6, 6.07) is 0. The first-order chi connectivity index (χ1) is 15.4. The minimum atomic E-state index is -2.01. The van der Waals surface area contributed by atoms with Crippen molar-refractivity contribution in [2.75, 3.05) is 13.2 Å². The third-order valence-electron chi connectivity index (χ3n) is 6.32. The number of fused-ring (bicyclic) bond motifs is 1. The number of carbonyl (C=O) groups is 2. The van der Waals surface area contributed by atoms with Gasteiger partial charge in [-0.15, -0.1) is 0 Å². The molecular formula is C23H38O9. The molecule has 2 N–H and O–H groups in total. The normalized spacial score (nSPS) is 32.7. The Balaban J connectivity index is 1.32. The summed E-state index contributed by atoms with van der Waals surface area (Å²) < 4.78 is 26.8. The van der Waals surface area contributed by atoms with E-state index >= 15 is 0 Å². The predicted octanol–water partition coefficient (Wildman–Crippen LogP) is 2.70. The lowest BCUT2D eigenvalue weighted by molar-refractivity contribution is -0.182. The van der Waals surface area contributed by atoms with Crippen molar-refractivity contribution < 1.29 is 43.5 Å². The molecule has 0 saturated carbocycles. The number of aliphatic hydroxyl groups is 2. The van der Waals surface area contributed by atoms with Crippen LogP contribution in [-0.4, -0.2) is 64.9 Å². The lowest BCUT2D eigenvalue weighted by Crippen LogP contribution is -2.38. The Morgan fingerprint density at radius 2 is 1.56 bits per heavy atom. The van der Waals surface area contributed by atoms with Crippen LogP contribution in [0, 0.1) is 0 Å². The molecule has 0 aromatic rings. The summed E-state index contributed by atoms with van der Waals surface area (Å²) in [6.45, 7) is 2.37. The molecule has 9 heteroatoms. The van der Waals surface area contributed by atoms with Crippen LogP contribution < -0.4 is 0 Å². The summed E-state index contributed by atoms with van der Waals surface area (Å²) >= 11 is 0. The highest BCUT2D eigenvalue weighted by molar-refractivity contribution is 5.87. The SMILES string of the molecule is CCCCCCCCCCCCCC1OC12OC21OC1(OC(C)=O)C(=O)OCC(O)CO. The summed E-state index contributed by atoms with van der Waals surface area (Å²) in [4.78, 5) is 24.0. The third-order valence-corrected chi connectivity index (χ3v) is 6.32. The van der Waals surface area contributed by atoms with Gasteiger partial charge in [-0.05, 0) is 6.42 Å². The molecule has 0 amide bonds. The Hall–Kier alpha value is -1.26. The van der Waals surface area contributed by atoms with Crippen LogP contribution in [0.5, 0.6) is 0 Å². The highest BCUT2D eigenvalue weighted by atomic mass is 17.1. The van der Waals surface area contributed by atoms with E-state index in [1.165, 1.54) is 57.8 Å². The van der Waals surface area contributed by atoms with Gasteiger partial charge in [0, 0.05) is 6.92 Å². The maximum Gasteiger partial charge on any atom is 0.386 e. The van der Waals surface area contributed by atoms with E-state index < -0.39 is 48.6 Å². The minimum absolute atomic E-state index is 0.214. The topological polar surface area (TPSA) is 131 Å². The number of hydrogen-bond donors (Lipinski definition) is 2. The molecule has 3 rings (SSSR count). The molecule has 0 bridgehead atoms. The molecule has 0 aliphatic carbocycles. The lowest BCUT2D eigenvalue weighted by atomic mass is 10.0. The highest BCUT2D eigenvalue weighted by Gasteiger charge is 3.08. The lowest BCUT2D eigenvalue weighted by Gasteiger charge is -2.12. The van der Waals surface area contributed by atoms with Crippen molar-refractivity contribution >= 4 is 11.9 Å². The number of carbonyl (C=O) groups excluding carboxylic acids is 2. The molecule has 2 spiro atoms. The first-order valence-electron chi connectivity index (χ1n) is 12.1. The van der Waals surface area contributed by atoms with Crippen LogP contribution in [0.3, 0.4) is 0 Å². The van der Waals surface area contributed by atoms with Gasteiger partial charge in [0.05, 0.1) is 6.61 Å². The van der Waals surface area contributed by atoms with Gasteiger partial charge in [0.15, 0.2) is 0 Å². The van der Waals surface area contributed by atoms with E-state index in [0.29, 0.717) is 0 Å². The van der Waals surface area contributed by atoms with Crippen molar-refractivity contribution in [1.29, 1.82) is 0 Å². The molecule has 3 aliphatic heterocycles. The van der Waals surface area contributed by atoms with Crippen molar-refractivity contribution in [2.24, 2.45) is 0 Å². The highest BCUT2D eigenvalue weighted by Crippen LogP contribution is 2.78. The van der Waals surface area contributed by atoms with Gasteiger partial charge in [0.1, 0.15) is 18.8 Å². The molecule has 3 fully saturated rings. The molecule has 9 nitrogen and oxygen atoms in total. The molecule has 0 radical (unpaired) electrons. The van der Waals surface area contributed by atoms with Crippen molar-refractivity contribution in [3.05, 3.63) is 0 Å². The zero-order valence-corrected chi connectivity index (χ0v) is 19.3. The van der Waals surface area contributed by atoms with E-state index in [9.17, 15) is 14.7 Å². The minimum Gasteiger partial charge on any atom is -0.458 e. The van der Waals surface area contributed by atoms with Gasteiger partial charge in [0.25, 0.3) is 5.79 Å². The van der Waals surface area contributed by atoms with Crippen molar-refractivity contribution in [2.45, 2.75) is 120 Å². The Bertz CT molecular complexity index is 655. The molecule has 5 atom stereocenters. The second kappa shape index (κ2) is 10.8. The molecule has 3 aliphatic rings. The zero-order valence-electron chi connectivity index (χ0n) is 19.3. The van der Waals surface area contributed by atoms with Crippen LogP contribution in [-0.2, 0) is 33.3 Å². The van der Waals surface area contributed by atoms with Gasteiger partial charge in [-0.25, -0.2) is 4.79 Å². The van der Waals surface area contributed by atoms with Gasteiger partial charge in [-0.2, -0.15) is 0 Å². The quantitative estimate of drug-likeness (QED) is 0.192. The third kappa shape index (κ3) is 5.28. The fourth-order valence-electron chi connectivity index (χ4n) is 4.38. The van der Waals surface area contributed by atoms with Crippen LogP contribution in [0.1, 0.15) is 90.9 Å². The molecule has 5 unspecified atom stereocenters. The van der Waals surface area contributed by atoms with E-state index in [-0.39, 0.29) is 6.10 Å². The predicted molar refractivity (Wildman–Crippen MR) is 112 cm³/mol. The Labute approximate surface area is 189 Å². The monoisotopic (exact) mass is 458 g/mol. The van der Waals surface area contributed by atoms with Crippen LogP contribution in [0.4, 0.5) is 0 Å². The number of aliphatic hydroxyl groups excluding tert-OH is 2. The smallest absolute Gasteiger partial charge is 0.386 e. The van der Waals surface area contributed by atoms with Gasteiger partial charge in [0.2, 0.25) is 0 Å². The van der Waals surface area contributed by atoms with Crippen molar-refractivity contribution in [3.8, 4) is 0 Å². The van der Waals surface area contributed by atoms with E-state index in [1.807, 2.05) is 0 Å². The van der Waals surface area contributed by atoms with Crippen molar-refractivity contribution in [1.82, 2.24) is 0 Å². The Morgan fingerprint density at radius 1 is 0.969 bits per heavy atom. The van der Waals surface area contributed by atoms with Gasteiger partial charge < -0.3 is 24.4 Å². The number of esters is 2. The average molecular weight is 459 g/mol. The largest absolute Gasteiger partial charge is 0.458 e. The van der Waals surface area contributed by atoms with E-state index in [4.69, 9.17) is 28.8 Å². The number of rotatable bonds is 17. The molecule has 0 aromatic heterocycles. The number of unbranched alkanes of at least 4 members (excludes halogenated alkanes) is 10. The van der Waals surface area contributed by atoms with Gasteiger partial charge in [-0.3, -0.25) is 14.3 Å². The van der Waals surface area contributed by atoms with Crippen LogP contribution in [0.2, 0.25) is 0 Å². The zero-order chi connectivity index (χ0) is 23.2. The maximum absolute atomic E-state index is 12.5. The Morgan fingerprint density at radius 3 is 2.12 bits per heavy atom. The number of epoxide rings is 3. The summed E-state index contributed by atoms with van der Waals surface area (Å²) in [5.41, 5.74) is 0. The summed E-state index contributed by atoms with van der Waals surface area (Å²) in [5.74, 6) is -6.25. The Kier molecular flexibility index (Phi) is 8.54. The first-order valence-corrected chi connectivity index (χ1v) is 12.1.